The molecule has 0 saturated heterocycles. The first-order chi connectivity index (χ1) is 21.1. The average molecular weight is 641 g/mol. The van der Waals surface area contributed by atoms with Crippen LogP contribution in [0.1, 0.15) is 98.5 Å². The lowest BCUT2D eigenvalue weighted by Crippen LogP contribution is -2.58. The van der Waals surface area contributed by atoms with E-state index in [0.717, 1.165) is 45.8 Å². The molecular formula is C37H56N2O5S. The van der Waals surface area contributed by atoms with Gasteiger partial charge in [-0.15, -0.1) is 11.8 Å². The summed E-state index contributed by atoms with van der Waals surface area (Å²) in [6.07, 6.45) is 5.53. The van der Waals surface area contributed by atoms with Crippen molar-refractivity contribution in [3.8, 4) is 11.3 Å². The molecule has 0 radical (unpaired) electrons. The lowest BCUT2D eigenvalue weighted by Gasteiger charge is -2.42. The third kappa shape index (κ3) is 11.1. The summed E-state index contributed by atoms with van der Waals surface area (Å²) in [5, 5.41) is 22.0. The van der Waals surface area contributed by atoms with Crippen molar-refractivity contribution in [2.24, 2.45) is 16.9 Å². The molecule has 0 bridgehead atoms. The minimum absolute atomic E-state index is 0.149. The Hall–Kier alpha value is -2.36. The molecule has 250 valence electrons. The maximum Gasteiger partial charge on any atom is 0.313 e. The molecule has 7 nitrogen and oxygen atoms in total. The Morgan fingerprint density at radius 1 is 0.911 bits per heavy atom. The van der Waals surface area contributed by atoms with Gasteiger partial charge < -0.3 is 30.8 Å². The van der Waals surface area contributed by atoms with E-state index in [4.69, 9.17) is 20.6 Å². The lowest BCUT2D eigenvalue weighted by atomic mass is 9.67. The second kappa shape index (κ2) is 16.5. The SMILES string of the molecule is CCCCCc1ccc(-c2cc3ccc(SCCCC(O)C(O)CCCOC(=O)C(C)(CC(C)(C)N)C(C)(C)N)cc3o2)cc1. The number of esters is 1. The van der Waals surface area contributed by atoms with Gasteiger partial charge in [0.25, 0.3) is 0 Å². The first-order valence-electron chi connectivity index (χ1n) is 16.5. The largest absolute Gasteiger partial charge is 0.465 e. The zero-order valence-corrected chi connectivity index (χ0v) is 29.1. The molecule has 1 heterocycles. The van der Waals surface area contributed by atoms with E-state index in [-0.39, 0.29) is 6.61 Å². The number of rotatable bonds is 19. The van der Waals surface area contributed by atoms with Crippen molar-refractivity contribution in [3.63, 3.8) is 0 Å². The van der Waals surface area contributed by atoms with Gasteiger partial charge in [0.1, 0.15) is 11.3 Å². The monoisotopic (exact) mass is 640 g/mol. The Balaban J connectivity index is 1.40. The number of carbonyl (C=O) groups excluding carboxylic acids is 1. The number of ether oxygens (including phenoxy) is 1. The van der Waals surface area contributed by atoms with E-state index in [9.17, 15) is 15.0 Å². The number of aliphatic hydroxyl groups excluding tert-OH is 2. The molecule has 0 aliphatic heterocycles. The molecule has 8 heteroatoms. The van der Waals surface area contributed by atoms with Crippen LogP contribution in [0.5, 0.6) is 0 Å². The summed E-state index contributed by atoms with van der Waals surface area (Å²) in [5.41, 5.74) is 13.5. The number of nitrogens with two attached hydrogens (primary N) is 2. The fourth-order valence-electron chi connectivity index (χ4n) is 5.62. The van der Waals surface area contributed by atoms with Crippen LogP contribution in [0.25, 0.3) is 22.3 Å². The number of furan rings is 1. The maximum absolute atomic E-state index is 13.0. The molecular weight excluding hydrogens is 584 g/mol. The third-order valence-corrected chi connectivity index (χ3v) is 9.80. The van der Waals surface area contributed by atoms with Gasteiger partial charge in [0, 0.05) is 26.9 Å². The molecule has 0 fully saturated rings. The van der Waals surface area contributed by atoms with E-state index >= 15 is 0 Å². The number of aryl methyl sites for hydroxylation is 1. The van der Waals surface area contributed by atoms with Crippen LogP contribution < -0.4 is 11.5 Å². The summed E-state index contributed by atoms with van der Waals surface area (Å²) in [5.74, 6) is 1.29. The zero-order chi connectivity index (χ0) is 33.3. The van der Waals surface area contributed by atoms with Crippen molar-refractivity contribution >= 4 is 28.7 Å². The van der Waals surface area contributed by atoms with Gasteiger partial charge in [0.15, 0.2) is 0 Å². The van der Waals surface area contributed by atoms with Crippen LogP contribution in [0.2, 0.25) is 0 Å². The van der Waals surface area contributed by atoms with E-state index in [1.165, 1.54) is 24.8 Å². The van der Waals surface area contributed by atoms with Crippen molar-refractivity contribution in [1.29, 1.82) is 0 Å². The molecule has 0 aliphatic carbocycles. The highest BCUT2D eigenvalue weighted by Gasteiger charge is 2.48. The molecule has 3 aromatic rings. The second-order valence-corrected chi connectivity index (χ2v) is 15.3. The topological polar surface area (TPSA) is 132 Å². The number of hydrogen-bond donors (Lipinski definition) is 4. The molecule has 3 rings (SSSR count). The van der Waals surface area contributed by atoms with E-state index in [1.807, 2.05) is 13.8 Å². The van der Waals surface area contributed by atoms with Crippen molar-refractivity contribution in [2.45, 2.75) is 128 Å². The molecule has 2 aromatic carbocycles. The van der Waals surface area contributed by atoms with Crippen LogP contribution in [0.15, 0.2) is 57.8 Å². The minimum Gasteiger partial charge on any atom is -0.465 e. The number of carbonyl (C=O) groups is 1. The minimum atomic E-state index is -0.954. The molecule has 3 unspecified atom stereocenters. The summed E-state index contributed by atoms with van der Waals surface area (Å²) in [7, 11) is 0. The van der Waals surface area contributed by atoms with Crippen LogP contribution in [-0.4, -0.2) is 51.8 Å². The van der Waals surface area contributed by atoms with Crippen LogP contribution in [0, 0.1) is 5.41 Å². The third-order valence-electron chi connectivity index (χ3n) is 8.72. The van der Waals surface area contributed by atoms with Gasteiger partial charge in [-0.2, -0.15) is 0 Å². The Morgan fingerprint density at radius 3 is 2.20 bits per heavy atom. The van der Waals surface area contributed by atoms with Crippen LogP contribution in [0.3, 0.4) is 0 Å². The molecule has 3 atom stereocenters. The average Bonchev–Trinajstić information content (AvgIpc) is 3.39. The Labute approximate surface area is 274 Å². The summed E-state index contributed by atoms with van der Waals surface area (Å²) in [6, 6.07) is 17.0. The molecule has 45 heavy (non-hydrogen) atoms. The van der Waals surface area contributed by atoms with Crippen molar-refractivity contribution in [2.75, 3.05) is 12.4 Å². The van der Waals surface area contributed by atoms with Gasteiger partial charge in [-0.05, 0) is 115 Å². The number of thioether (sulfide) groups is 1. The number of benzene rings is 2. The highest BCUT2D eigenvalue weighted by Crippen LogP contribution is 2.38. The van der Waals surface area contributed by atoms with Crippen LogP contribution in [0.4, 0.5) is 0 Å². The smallest absolute Gasteiger partial charge is 0.313 e. The molecule has 0 saturated carbocycles. The summed E-state index contributed by atoms with van der Waals surface area (Å²) in [6.45, 7) is 11.5. The van der Waals surface area contributed by atoms with Gasteiger partial charge in [-0.25, -0.2) is 0 Å². The lowest BCUT2D eigenvalue weighted by molar-refractivity contribution is -0.160. The standard InChI is InChI=1S/C37H56N2O5S/c1-7-8-9-12-26-15-17-27(18-16-26)32-23-28-19-20-29(24-33(28)44-32)45-22-11-14-31(41)30(40)13-10-21-43-34(42)37(6,36(4,5)39)25-35(2,3)38/h15-20,23-24,30-31,40-41H,7-14,21-22,25,38-39H2,1-6H3. The zero-order valence-electron chi connectivity index (χ0n) is 28.2. The summed E-state index contributed by atoms with van der Waals surface area (Å²) in [4.78, 5) is 14.1. The number of hydrogen-bond acceptors (Lipinski definition) is 8. The normalized spacial score (nSPS) is 15.2. The second-order valence-electron chi connectivity index (χ2n) is 14.1. The quantitative estimate of drug-likeness (QED) is 0.0598. The van der Waals surface area contributed by atoms with Crippen molar-refractivity contribution in [3.05, 3.63) is 54.1 Å². The molecule has 1 aromatic heterocycles. The number of unbranched alkanes of at least 4 members (excludes halogenated alkanes) is 2. The number of fused-ring (bicyclic) bond motifs is 1. The fraction of sp³-hybridized carbons (Fsp3) is 0.595. The Bertz CT molecular complexity index is 1340. The highest BCUT2D eigenvalue weighted by atomic mass is 32.2. The first kappa shape index (κ1) is 37.1. The Kier molecular flexibility index (Phi) is 13.6. The molecule has 0 spiro atoms. The molecule has 6 N–H and O–H groups in total. The van der Waals surface area contributed by atoms with Gasteiger partial charge >= 0.3 is 5.97 Å². The number of aliphatic hydroxyl groups is 2. The van der Waals surface area contributed by atoms with E-state index in [2.05, 4.69) is 55.5 Å². The summed E-state index contributed by atoms with van der Waals surface area (Å²) < 4.78 is 11.8. The highest BCUT2D eigenvalue weighted by molar-refractivity contribution is 7.99. The predicted molar refractivity (Wildman–Crippen MR) is 186 cm³/mol. The van der Waals surface area contributed by atoms with Crippen molar-refractivity contribution in [1.82, 2.24) is 0 Å². The predicted octanol–water partition coefficient (Wildman–Crippen LogP) is 7.62. The maximum atomic E-state index is 13.0. The van der Waals surface area contributed by atoms with Crippen LogP contribution >= 0.6 is 11.8 Å². The van der Waals surface area contributed by atoms with Gasteiger partial charge in [-0.3, -0.25) is 4.79 Å². The van der Waals surface area contributed by atoms with Crippen LogP contribution in [-0.2, 0) is 16.0 Å². The Morgan fingerprint density at radius 2 is 1.58 bits per heavy atom. The van der Waals surface area contributed by atoms with E-state index < -0.39 is 34.7 Å². The summed E-state index contributed by atoms with van der Waals surface area (Å²) >= 11 is 1.71. The first-order valence-corrected chi connectivity index (χ1v) is 17.5. The van der Waals surface area contributed by atoms with Gasteiger partial charge in [-0.1, -0.05) is 44.0 Å². The fourth-order valence-corrected chi connectivity index (χ4v) is 6.52. The van der Waals surface area contributed by atoms with Gasteiger partial charge in [0.2, 0.25) is 0 Å². The molecule has 0 amide bonds. The van der Waals surface area contributed by atoms with E-state index in [1.54, 1.807) is 32.5 Å². The van der Waals surface area contributed by atoms with E-state index in [0.29, 0.717) is 25.7 Å². The molecule has 0 aliphatic rings. The van der Waals surface area contributed by atoms with Crippen molar-refractivity contribution < 1.29 is 24.2 Å². The van der Waals surface area contributed by atoms with Gasteiger partial charge in [0.05, 0.1) is 24.2 Å².